The van der Waals surface area contributed by atoms with E-state index >= 15 is 0 Å². The number of rotatable bonds is 2. The molecule has 0 aliphatic heterocycles. The van der Waals surface area contributed by atoms with Crippen LogP contribution in [0.25, 0.3) is 0 Å². The maximum Gasteiger partial charge on any atom is 0.0273 e. The Labute approximate surface area is 64.3 Å². The van der Waals surface area contributed by atoms with Crippen LogP contribution in [0.5, 0.6) is 0 Å². The van der Waals surface area contributed by atoms with Crippen LogP contribution in [-0.2, 0) is 0 Å². The molecular weight excluding hydrogens is 108 g/mol. The number of hydrogen-bond donors (Lipinski definition) is 0. The molecule has 0 radical (unpaired) electrons. The Morgan fingerprint density at radius 3 is 1.44 bits per heavy atom. The van der Waals surface area contributed by atoms with Crippen LogP contribution >= 0.6 is 0 Å². The minimum absolute atomic E-state index is 0.0394. The second-order valence-electron chi connectivity index (χ2n) is 3.43. The van der Waals surface area contributed by atoms with Gasteiger partial charge < -0.3 is 0 Å². The predicted molar refractivity (Wildman–Crippen MR) is 41.3 cm³/mol. The van der Waals surface area contributed by atoms with E-state index in [0.717, 1.165) is 0 Å². The lowest BCUT2D eigenvalue weighted by molar-refractivity contribution is 0.260. The largest absolute Gasteiger partial charge is 0.0622 e. The highest BCUT2D eigenvalue weighted by atomic mass is 14.5. The molecule has 0 saturated heterocycles. The molecule has 0 spiro atoms. The Morgan fingerprint density at radius 2 is 1.44 bits per heavy atom. The molecule has 1 aliphatic rings. The lowest BCUT2D eigenvalue weighted by Gasteiger charge is -2.23. The van der Waals surface area contributed by atoms with E-state index in [9.17, 15) is 0 Å². The van der Waals surface area contributed by atoms with Gasteiger partial charge >= 0.3 is 0 Å². The molecule has 0 aromatic carbocycles. The van der Waals surface area contributed by atoms with E-state index in [-0.39, 0.29) is 11.8 Å². The molecule has 0 heterocycles. The summed E-state index contributed by atoms with van der Waals surface area (Å²) in [5.74, 6) is 0.0787. The molecule has 0 amide bonds. The van der Waals surface area contributed by atoms with E-state index < -0.39 is 18.2 Å². The molecule has 1 rings (SSSR count). The van der Waals surface area contributed by atoms with E-state index in [1.807, 2.05) is 27.7 Å². The number of hydrogen-bond acceptors (Lipinski definition) is 0. The molecule has 0 aromatic rings. The van der Waals surface area contributed by atoms with Crippen molar-refractivity contribution in [2.24, 2.45) is 17.3 Å². The standard InChI is InChI=1S/C9H18/c1-7(2)9(5-6-9)8(3)4/h7-8H,5-6H2,1-4H3/i5D2,6D2. The fourth-order valence-corrected chi connectivity index (χ4v) is 1.32. The van der Waals surface area contributed by atoms with Gasteiger partial charge in [0, 0.05) is 5.48 Å². The van der Waals surface area contributed by atoms with Gasteiger partial charge in [0.25, 0.3) is 0 Å². The van der Waals surface area contributed by atoms with Crippen LogP contribution in [0.15, 0.2) is 0 Å². The van der Waals surface area contributed by atoms with Crippen LogP contribution in [0.2, 0.25) is 0 Å². The minimum atomic E-state index is -1.66. The van der Waals surface area contributed by atoms with Gasteiger partial charge in [0.2, 0.25) is 0 Å². The topological polar surface area (TPSA) is 0 Å². The van der Waals surface area contributed by atoms with E-state index in [1.54, 1.807) is 0 Å². The average Bonchev–Trinajstić information content (AvgIpc) is 2.18. The van der Waals surface area contributed by atoms with Crippen LogP contribution in [0.4, 0.5) is 0 Å². The third-order valence-electron chi connectivity index (χ3n) is 2.24. The van der Waals surface area contributed by atoms with Gasteiger partial charge in [0.1, 0.15) is 0 Å². The monoisotopic (exact) mass is 130 g/mol. The highest BCUT2D eigenvalue weighted by Crippen LogP contribution is 2.57. The predicted octanol–water partition coefficient (Wildman–Crippen LogP) is 3.08. The molecule has 54 valence electrons. The summed E-state index contributed by atoms with van der Waals surface area (Å²) in [6.45, 7) is 7.62. The summed E-state index contributed by atoms with van der Waals surface area (Å²) in [4.78, 5) is 0. The van der Waals surface area contributed by atoms with Crippen LogP contribution in [-0.4, -0.2) is 0 Å². The molecule has 0 aromatic heterocycles. The molecule has 1 aliphatic carbocycles. The van der Waals surface area contributed by atoms with E-state index in [1.165, 1.54) is 0 Å². The van der Waals surface area contributed by atoms with Crippen molar-refractivity contribution in [2.75, 3.05) is 0 Å². The highest BCUT2D eigenvalue weighted by molar-refractivity contribution is 4.97. The van der Waals surface area contributed by atoms with Crippen molar-refractivity contribution < 1.29 is 5.48 Å². The summed E-state index contributed by atoms with van der Waals surface area (Å²) >= 11 is 0. The summed E-state index contributed by atoms with van der Waals surface area (Å²) in [6, 6.07) is 0. The zero-order chi connectivity index (χ0) is 10.7. The first-order valence-corrected chi connectivity index (χ1v) is 3.64. The van der Waals surface area contributed by atoms with Crippen molar-refractivity contribution in [3.05, 3.63) is 0 Å². The van der Waals surface area contributed by atoms with Crippen molar-refractivity contribution in [3.8, 4) is 0 Å². The smallest absolute Gasteiger partial charge is 0.0273 e. The van der Waals surface area contributed by atoms with Crippen molar-refractivity contribution in [1.29, 1.82) is 0 Å². The fraction of sp³-hybridized carbons (Fsp3) is 1.00. The van der Waals surface area contributed by atoms with Gasteiger partial charge in [-0.05, 0) is 30.0 Å². The Hall–Kier alpha value is 0. The van der Waals surface area contributed by atoms with Crippen LogP contribution in [0, 0.1) is 17.3 Å². The average molecular weight is 130 g/mol. The van der Waals surface area contributed by atoms with Gasteiger partial charge in [-0.15, -0.1) is 0 Å². The Balaban J connectivity index is 3.13. The SMILES string of the molecule is [2H]C1([2H])C([2H])([2H])C1(C(C)C)C(C)C. The first-order chi connectivity index (χ1) is 5.64. The zero-order valence-corrected chi connectivity index (χ0v) is 6.65. The summed E-state index contributed by atoms with van der Waals surface area (Å²) in [7, 11) is 0. The Morgan fingerprint density at radius 1 is 1.11 bits per heavy atom. The summed E-state index contributed by atoms with van der Waals surface area (Å²) in [5, 5.41) is 0. The molecule has 1 saturated carbocycles. The normalized spacial score (nSPS) is 41.1. The summed E-state index contributed by atoms with van der Waals surface area (Å²) < 4.78 is 30.8. The third kappa shape index (κ3) is 0.997. The Kier molecular flexibility index (Phi) is 0.757. The maximum absolute atomic E-state index is 7.71. The van der Waals surface area contributed by atoms with E-state index in [0.29, 0.717) is 0 Å². The molecule has 0 nitrogen and oxygen atoms in total. The second-order valence-corrected chi connectivity index (χ2v) is 3.43. The van der Waals surface area contributed by atoms with Gasteiger partial charge in [0.15, 0.2) is 0 Å². The van der Waals surface area contributed by atoms with Gasteiger partial charge in [-0.2, -0.15) is 0 Å². The quantitative estimate of drug-likeness (QED) is 0.539. The zero-order valence-electron chi connectivity index (χ0n) is 10.7. The summed E-state index contributed by atoms with van der Waals surface area (Å²) in [6.07, 6.45) is -3.33. The molecule has 0 bridgehead atoms. The van der Waals surface area contributed by atoms with Crippen molar-refractivity contribution in [1.82, 2.24) is 0 Å². The minimum Gasteiger partial charge on any atom is -0.0622 e. The van der Waals surface area contributed by atoms with Crippen molar-refractivity contribution >= 4 is 0 Å². The molecular formula is C9H18. The van der Waals surface area contributed by atoms with Gasteiger partial charge in [-0.3, -0.25) is 0 Å². The molecule has 9 heavy (non-hydrogen) atoms. The van der Waals surface area contributed by atoms with Crippen LogP contribution in [0.1, 0.15) is 45.9 Å². The molecule has 0 heteroatoms. The lowest BCUT2D eigenvalue weighted by atomic mass is 9.82. The van der Waals surface area contributed by atoms with E-state index in [2.05, 4.69) is 0 Å². The highest BCUT2D eigenvalue weighted by Gasteiger charge is 2.47. The maximum atomic E-state index is 7.71. The van der Waals surface area contributed by atoms with Gasteiger partial charge in [-0.1, -0.05) is 27.7 Å². The molecule has 0 unspecified atom stereocenters. The molecule has 0 atom stereocenters. The van der Waals surface area contributed by atoms with Gasteiger partial charge in [-0.25, -0.2) is 0 Å². The van der Waals surface area contributed by atoms with Crippen molar-refractivity contribution in [3.63, 3.8) is 0 Å². The van der Waals surface area contributed by atoms with E-state index in [4.69, 9.17) is 5.48 Å². The Bertz CT molecular complexity index is 194. The van der Waals surface area contributed by atoms with Crippen molar-refractivity contribution in [2.45, 2.75) is 40.4 Å². The van der Waals surface area contributed by atoms with Crippen LogP contribution in [0.3, 0.4) is 0 Å². The van der Waals surface area contributed by atoms with Gasteiger partial charge in [0.05, 0.1) is 0 Å². The molecule has 0 N–H and O–H groups in total. The fourth-order valence-electron chi connectivity index (χ4n) is 1.32. The first-order valence-electron chi connectivity index (χ1n) is 5.64. The lowest BCUT2D eigenvalue weighted by Crippen LogP contribution is -2.16. The van der Waals surface area contributed by atoms with Crippen LogP contribution < -0.4 is 0 Å². The third-order valence-corrected chi connectivity index (χ3v) is 2.24. The summed E-state index contributed by atoms with van der Waals surface area (Å²) in [5.41, 5.74) is -0.792. The second kappa shape index (κ2) is 2.00. The first kappa shape index (κ1) is 3.41. The molecule has 1 fully saturated rings.